The van der Waals surface area contributed by atoms with Crippen LogP contribution in [0.5, 0.6) is 0 Å². The molecule has 0 saturated heterocycles. The van der Waals surface area contributed by atoms with Gasteiger partial charge in [-0.1, -0.05) is 38.1 Å². The molecule has 2 amide bonds. The fourth-order valence-corrected chi connectivity index (χ4v) is 3.34. The molecular formula is C22H23N3O2. The molecule has 0 aliphatic carbocycles. The summed E-state index contributed by atoms with van der Waals surface area (Å²) in [4.78, 5) is 27.4. The molecule has 1 aliphatic heterocycles. The highest BCUT2D eigenvalue weighted by atomic mass is 16.2. The Hall–Kier alpha value is -3.13. The van der Waals surface area contributed by atoms with Crippen LogP contribution < -0.4 is 5.32 Å². The Morgan fingerprint density at radius 1 is 1.15 bits per heavy atom. The molecule has 0 unspecified atom stereocenters. The number of anilines is 1. The molecule has 2 aromatic carbocycles. The fraction of sp³-hybridized carbons (Fsp3) is 0.318. The van der Waals surface area contributed by atoms with Crippen LogP contribution in [-0.2, 0) is 22.6 Å². The van der Waals surface area contributed by atoms with Crippen LogP contribution in [0.4, 0.5) is 5.69 Å². The molecule has 3 rings (SSSR count). The van der Waals surface area contributed by atoms with Gasteiger partial charge in [0.25, 0.3) is 0 Å². The van der Waals surface area contributed by atoms with Crippen molar-refractivity contribution in [3.8, 4) is 6.07 Å². The number of amides is 2. The van der Waals surface area contributed by atoms with Crippen molar-refractivity contribution < 1.29 is 9.59 Å². The maximum Gasteiger partial charge on any atom is 0.247 e. The first kappa shape index (κ1) is 18.7. The lowest BCUT2D eigenvalue weighted by Gasteiger charge is -2.36. The second-order valence-corrected chi connectivity index (χ2v) is 7.29. The Labute approximate surface area is 159 Å². The van der Waals surface area contributed by atoms with Crippen LogP contribution in [0.1, 0.15) is 37.0 Å². The van der Waals surface area contributed by atoms with E-state index in [2.05, 4.69) is 11.4 Å². The maximum atomic E-state index is 13.0. The molecule has 27 heavy (non-hydrogen) atoms. The third-order valence-electron chi connectivity index (χ3n) is 4.74. The minimum absolute atomic E-state index is 0.000480. The Morgan fingerprint density at radius 2 is 1.81 bits per heavy atom. The molecular weight excluding hydrogens is 338 g/mol. The van der Waals surface area contributed by atoms with Crippen LogP contribution in [0, 0.1) is 17.2 Å². The summed E-state index contributed by atoms with van der Waals surface area (Å²) in [6.07, 6.45) is 0.922. The van der Waals surface area contributed by atoms with E-state index in [0.717, 1.165) is 11.1 Å². The first-order valence-corrected chi connectivity index (χ1v) is 9.15. The van der Waals surface area contributed by atoms with Crippen LogP contribution in [0.3, 0.4) is 0 Å². The van der Waals surface area contributed by atoms with E-state index in [0.29, 0.717) is 30.6 Å². The van der Waals surface area contributed by atoms with E-state index >= 15 is 0 Å². The molecule has 0 aromatic heterocycles. The summed E-state index contributed by atoms with van der Waals surface area (Å²) in [6.45, 7) is 4.45. The fourth-order valence-electron chi connectivity index (χ4n) is 3.34. The highest BCUT2D eigenvalue weighted by Crippen LogP contribution is 2.25. The predicted octanol–water partition coefficient (Wildman–Crippen LogP) is 3.50. The normalized spacial score (nSPS) is 15.8. The molecule has 0 saturated carbocycles. The number of carbonyl (C=O) groups excluding carboxylic acids is 2. The summed E-state index contributed by atoms with van der Waals surface area (Å²) in [5, 5.41) is 11.8. The van der Waals surface area contributed by atoms with E-state index < -0.39 is 6.04 Å². The Kier molecular flexibility index (Phi) is 5.56. The average Bonchev–Trinajstić information content (AvgIpc) is 2.67. The zero-order valence-electron chi connectivity index (χ0n) is 15.6. The van der Waals surface area contributed by atoms with Gasteiger partial charge in [-0.05, 0) is 41.3 Å². The lowest BCUT2D eigenvalue weighted by atomic mass is 9.92. The predicted molar refractivity (Wildman–Crippen MR) is 104 cm³/mol. The SMILES string of the molecule is CC(C)CC(=O)N1Cc2ccccc2C[C@H]1C(=O)Nc1ccc(C#N)cc1. The van der Waals surface area contributed by atoms with Crippen LogP contribution >= 0.6 is 0 Å². The molecule has 1 atom stereocenters. The summed E-state index contributed by atoms with van der Waals surface area (Å²) < 4.78 is 0. The zero-order chi connectivity index (χ0) is 19.4. The standard InChI is InChI=1S/C22H23N3O2/c1-15(2)11-21(26)25-14-18-6-4-3-5-17(18)12-20(25)22(27)24-19-9-7-16(13-23)8-10-19/h3-10,15,20H,11-12,14H2,1-2H3,(H,24,27)/t20-/m0/s1. The number of hydrogen-bond acceptors (Lipinski definition) is 3. The van der Waals surface area contributed by atoms with E-state index in [9.17, 15) is 9.59 Å². The second-order valence-electron chi connectivity index (χ2n) is 7.29. The summed E-state index contributed by atoms with van der Waals surface area (Å²) >= 11 is 0. The van der Waals surface area contributed by atoms with E-state index in [1.54, 1.807) is 29.2 Å². The molecule has 138 valence electrons. The van der Waals surface area contributed by atoms with E-state index in [1.165, 1.54) is 0 Å². The van der Waals surface area contributed by atoms with Crippen molar-refractivity contribution in [3.63, 3.8) is 0 Å². The van der Waals surface area contributed by atoms with Gasteiger partial charge < -0.3 is 10.2 Å². The average molecular weight is 361 g/mol. The Balaban J connectivity index is 1.83. The first-order valence-electron chi connectivity index (χ1n) is 9.15. The number of rotatable bonds is 4. The van der Waals surface area contributed by atoms with Gasteiger partial charge in [-0.3, -0.25) is 9.59 Å². The molecule has 0 bridgehead atoms. The van der Waals surface area contributed by atoms with Gasteiger partial charge >= 0.3 is 0 Å². The topological polar surface area (TPSA) is 73.2 Å². The maximum absolute atomic E-state index is 13.0. The van der Waals surface area contributed by atoms with Crippen molar-refractivity contribution in [3.05, 3.63) is 65.2 Å². The van der Waals surface area contributed by atoms with Crippen molar-refractivity contribution in [2.24, 2.45) is 5.92 Å². The number of carbonyl (C=O) groups is 2. The molecule has 5 nitrogen and oxygen atoms in total. The molecule has 1 aliphatic rings. The third-order valence-corrected chi connectivity index (χ3v) is 4.74. The number of nitrogens with zero attached hydrogens (tertiary/aromatic N) is 2. The molecule has 1 N–H and O–H groups in total. The van der Waals surface area contributed by atoms with Crippen molar-refractivity contribution >= 4 is 17.5 Å². The summed E-state index contributed by atoms with van der Waals surface area (Å²) in [7, 11) is 0. The first-order chi connectivity index (χ1) is 13.0. The second kappa shape index (κ2) is 8.05. The number of nitriles is 1. The Bertz CT molecular complexity index is 881. The van der Waals surface area contributed by atoms with E-state index in [4.69, 9.17) is 5.26 Å². The van der Waals surface area contributed by atoms with E-state index in [-0.39, 0.29) is 17.7 Å². The minimum atomic E-state index is -0.540. The van der Waals surface area contributed by atoms with Crippen LogP contribution in [0.2, 0.25) is 0 Å². The number of nitrogens with one attached hydrogen (secondary N) is 1. The molecule has 0 radical (unpaired) electrons. The molecule has 5 heteroatoms. The zero-order valence-corrected chi connectivity index (χ0v) is 15.6. The number of fused-ring (bicyclic) bond motifs is 1. The quantitative estimate of drug-likeness (QED) is 0.906. The largest absolute Gasteiger partial charge is 0.326 e. The van der Waals surface area contributed by atoms with Crippen molar-refractivity contribution in [2.45, 2.75) is 39.3 Å². The van der Waals surface area contributed by atoms with Gasteiger partial charge in [-0.2, -0.15) is 5.26 Å². The van der Waals surface area contributed by atoms with Crippen molar-refractivity contribution in [1.29, 1.82) is 5.26 Å². The Morgan fingerprint density at radius 3 is 2.44 bits per heavy atom. The van der Waals surface area contributed by atoms with Gasteiger partial charge in [0, 0.05) is 25.1 Å². The van der Waals surface area contributed by atoms with Gasteiger partial charge in [0.1, 0.15) is 6.04 Å². The molecule has 0 spiro atoms. The molecule has 2 aromatic rings. The monoisotopic (exact) mass is 361 g/mol. The summed E-state index contributed by atoms with van der Waals surface area (Å²) in [5.74, 6) is 0.0303. The highest BCUT2D eigenvalue weighted by Gasteiger charge is 2.34. The third kappa shape index (κ3) is 4.35. The van der Waals surface area contributed by atoms with Crippen LogP contribution in [-0.4, -0.2) is 22.8 Å². The van der Waals surface area contributed by atoms with Gasteiger partial charge in [-0.15, -0.1) is 0 Å². The number of hydrogen-bond donors (Lipinski definition) is 1. The smallest absolute Gasteiger partial charge is 0.247 e. The van der Waals surface area contributed by atoms with Crippen molar-refractivity contribution in [1.82, 2.24) is 4.90 Å². The van der Waals surface area contributed by atoms with Crippen LogP contribution in [0.15, 0.2) is 48.5 Å². The summed E-state index contributed by atoms with van der Waals surface area (Å²) in [5.41, 5.74) is 3.35. The van der Waals surface area contributed by atoms with Gasteiger partial charge in [0.2, 0.25) is 11.8 Å². The van der Waals surface area contributed by atoms with Gasteiger partial charge in [-0.25, -0.2) is 0 Å². The van der Waals surface area contributed by atoms with Crippen LogP contribution in [0.25, 0.3) is 0 Å². The minimum Gasteiger partial charge on any atom is -0.326 e. The van der Waals surface area contributed by atoms with Gasteiger partial charge in [0.15, 0.2) is 0 Å². The molecule has 1 heterocycles. The lowest BCUT2D eigenvalue weighted by molar-refractivity contribution is -0.140. The lowest BCUT2D eigenvalue weighted by Crippen LogP contribution is -2.50. The highest BCUT2D eigenvalue weighted by molar-refractivity contribution is 5.97. The van der Waals surface area contributed by atoms with Gasteiger partial charge in [0.05, 0.1) is 11.6 Å². The number of benzene rings is 2. The van der Waals surface area contributed by atoms with Crippen molar-refractivity contribution in [2.75, 3.05) is 5.32 Å². The van der Waals surface area contributed by atoms with E-state index in [1.807, 2.05) is 38.1 Å². The summed E-state index contributed by atoms with van der Waals surface area (Å²) in [6, 6.07) is 16.2. The molecule has 0 fully saturated rings.